The van der Waals surface area contributed by atoms with Crippen molar-refractivity contribution in [1.29, 1.82) is 0 Å². The first-order chi connectivity index (χ1) is 13.7. The van der Waals surface area contributed by atoms with Crippen molar-refractivity contribution in [3.8, 4) is 0 Å². The number of nitrogens with one attached hydrogen (secondary N) is 1. The lowest BCUT2D eigenvalue weighted by Crippen LogP contribution is -2.32. The predicted molar refractivity (Wildman–Crippen MR) is 117 cm³/mol. The van der Waals surface area contributed by atoms with Gasteiger partial charge in [0.05, 0.1) is 0 Å². The molecule has 1 N–H and O–H groups in total. The van der Waals surface area contributed by atoms with Crippen LogP contribution < -0.4 is 5.32 Å². The number of allylic oxidation sites excluding steroid dienone is 1. The maximum atomic E-state index is 6.25. The van der Waals surface area contributed by atoms with Crippen molar-refractivity contribution in [2.24, 2.45) is 4.99 Å². The van der Waals surface area contributed by atoms with E-state index in [0.29, 0.717) is 10.0 Å². The van der Waals surface area contributed by atoms with E-state index in [-0.39, 0.29) is 6.04 Å². The Morgan fingerprint density at radius 2 is 1.54 bits per heavy atom. The third kappa shape index (κ3) is 3.13. The van der Waals surface area contributed by atoms with Crippen LogP contribution in [0.4, 0.5) is 0 Å². The van der Waals surface area contributed by atoms with E-state index >= 15 is 0 Å². The SMILES string of the molecule is Clc1cc(Cl)cc(C2=NC(c3ccccc3)C3=C(CCc4ccccc43)N2)c1. The second-order valence-corrected chi connectivity index (χ2v) is 8.00. The molecular weight excluding hydrogens is 387 g/mol. The van der Waals surface area contributed by atoms with E-state index in [1.807, 2.05) is 18.2 Å². The molecule has 1 aliphatic carbocycles. The molecule has 1 aliphatic heterocycles. The summed E-state index contributed by atoms with van der Waals surface area (Å²) in [5, 5.41) is 4.80. The maximum absolute atomic E-state index is 6.25. The Hall–Kier alpha value is -2.55. The fraction of sp³-hybridized carbons (Fsp3) is 0.125. The molecule has 0 spiro atoms. The number of aliphatic imine (C=N–C) groups is 1. The summed E-state index contributed by atoms with van der Waals surface area (Å²) in [6, 6.07) is 24.6. The molecule has 1 heterocycles. The molecule has 138 valence electrons. The molecule has 0 radical (unpaired) electrons. The zero-order valence-corrected chi connectivity index (χ0v) is 16.6. The smallest absolute Gasteiger partial charge is 0.133 e. The largest absolute Gasteiger partial charge is 0.343 e. The highest BCUT2D eigenvalue weighted by Crippen LogP contribution is 2.43. The van der Waals surface area contributed by atoms with Crippen LogP contribution in [-0.2, 0) is 6.42 Å². The highest BCUT2D eigenvalue weighted by Gasteiger charge is 2.31. The molecule has 0 fully saturated rings. The Bertz CT molecular complexity index is 1100. The lowest BCUT2D eigenvalue weighted by atomic mass is 9.82. The van der Waals surface area contributed by atoms with Crippen LogP contribution in [0.2, 0.25) is 10.0 Å². The van der Waals surface area contributed by atoms with E-state index < -0.39 is 0 Å². The van der Waals surface area contributed by atoms with Crippen LogP contribution in [0.5, 0.6) is 0 Å². The molecule has 0 bridgehead atoms. The fourth-order valence-electron chi connectivity index (χ4n) is 4.08. The molecule has 5 rings (SSSR count). The highest BCUT2D eigenvalue weighted by atomic mass is 35.5. The van der Waals surface area contributed by atoms with Gasteiger partial charge in [0.15, 0.2) is 0 Å². The van der Waals surface area contributed by atoms with E-state index in [0.717, 1.165) is 24.2 Å². The zero-order valence-electron chi connectivity index (χ0n) is 15.1. The summed E-state index contributed by atoms with van der Waals surface area (Å²) in [4.78, 5) is 5.12. The van der Waals surface area contributed by atoms with Gasteiger partial charge < -0.3 is 5.32 Å². The first-order valence-corrected chi connectivity index (χ1v) is 10.1. The number of hydrogen-bond donors (Lipinski definition) is 1. The molecule has 0 amide bonds. The lowest BCUT2D eigenvalue weighted by molar-refractivity contribution is 0.785. The molecular formula is C24H18Cl2N2. The molecule has 3 aromatic carbocycles. The summed E-state index contributed by atoms with van der Waals surface area (Å²) in [6.45, 7) is 0. The van der Waals surface area contributed by atoms with Gasteiger partial charge in [0.1, 0.15) is 11.9 Å². The van der Waals surface area contributed by atoms with Crippen LogP contribution in [0.15, 0.2) is 83.5 Å². The molecule has 2 aliphatic rings. The van der Waals surface area contributed by atoms with Crippen LogP contribution in [0.1, 0.15) is 34.7 Å². The van der Waals surface area contributed by atoms with Gasteiger partial charge in [-0.05, 0) is 47.7 Å². The minimum Gasteiger partial charge on any atom is -0.343 e. The zero-order chi connectivity index (χ0) is 19.1. The summed E-state index contributed by atoms with van der Waals surface area (Å²) < 4.78 is 0. The Labute approximate surface area is 174 Å². The van der Waals surface area contributed by atoms with Gasteiger partial charge in [0.2, 0.25) is 0 Å². The van der Waals surface area contributed by atoms with Crippen LogP contribution in [0.25, 0.3) is 5.57 Å². The Balaban J connectivity index is 1.68. The predicted octanol–water partition coefficient (Wildman–Crippen LogP) is 6.44. The van der Waals surface area contributed by atoms with Gasteiger partial charge in [0, 0.05) is 26.9 Å². The molecule has 1 unspecified atom stereocenters. The van der Waals surface area contributed by atoms with Crippen LogP contribution in [-0.4, -0.2) is 5.84 Å². The number of fused-ring (bicyclic) bond motifs is 2. The summed E-state index contributed by atoms with van der Waals surface area (Å²) in [7, 11) is 0. The molecule has 3 aromatic rings. The standard InChI is InChI=1S/C24H18Cl2N2/c25-18-12-17(13-19(26)14-18)24-27-21-11-10-15-6-4-5-9-20(15)22(21)23(28-24)16-7-2-1-3-8-16/h1-9,12-14,23H,10-11H2,(H,27,28). The number of aryl methyl sites for hydroxylation is 1. The van der Waals surface area contributed by atoms with E-state index in [1.54, 1.807) is 6.07 Å². The Morgan fingerprint density at radius 1 is 0.821 bits per heavy atom. The summed E-state index contributed by atoms with van der Waals surface area (Å²) in [5.74, 6) is 0.816. The summed E-state index contributed by atoms with van der Waals surface area (Å²) in [5.41, 5.74) is 7.26. The van der Waals surface area contributed by atoms with Crippen LogP contribution in [0.3, 0.4) is 0 Å². The van der Waals surface area contributed by atoms with E-state index in [1.165, 1.54) is 28.0 Å². The molecule has 4 heteroatoms. The molecule has 0 saturated heterocycles. The number of halogens is 2. The number of hydrogen-bond acceptors (Lipinski definition) is 2. The number of amidine groups is 1. The van der Waals surface area contributed by atoms with Gasteiger partial charge in [-0.15, -0.1) is 0 Å². The second kappa shape index (κ2) is 7.12. The van der Waals surface area contributed by atoms with Crippen LogP contribution >= 0.6 is 23.2 Å². The van der Waals surface area contributed by atoms with Crippen molar-refractivity contribution >= 4 is 34.6 Å². The average molecular weight is 405 g/mol. The third-order valence-electron chi connectivity index (χ3n) is 5.33. The first-order valence-electron chi connectivity index (χ1n) is 9.36. The monoisotopic (exact) mass is 404 g/mol. The molecule has 28 heavy (non-hydrogen) atoms. The van der Waals surface area contributed by atoms with Crippen molar-refractivity contribution in [1.82, 2.24) is 5.32 Å². The maximum Gasteiger partial charge on any atom is 0.133 e. The van der Waals surface area contributed by atoms with Crippen LogP contribution in [0, 0.1) is 0 Å². The minimum atomic E-state index is -0.0633. The normalized spacial score (nSPS) is 18.1. The van der Waals surface area contributed by atoms with Gasteiger partial charge in [-0.2, -0.15) is 0 Å². The minimum absolute atomic E-state index is 0.0633. The Morgan fingerprint density at radius 3 is 2.32 bits per heavy atom. The van der Waals surface area contributed by atoms with Crippen molar-refractivity contribution in [3.05, 3.63) is 111 Å². The summed E-state index contributed by atoms with van der Waals surface area (Å²) >= 11 is 12.5. The first kappa shape index (κ1) is 17.5. The quantitative estimate of drug-likeness (QED) is 0.521. The van der Waals surface area contributed by atoms with Gasteiger partial charge in [-0.1, -0.05) is 77.8 Å². The van der Waals surface area contributed by atoms with E-state index in [2.05, 4.69) is 53.8 Å². The summed E-state index contributed by atoms with van der Waals surface area (Å²) in [6.07, 6.45) is 1.98. The Kier molecular flexibility index (Phi) is 4.46. The van der Waals surface area contributed by atoms with Crippen molar-refractivity contribution < 1.29 is 0 Å². The number of nitrogens with zero attached hydrogens (tertiary/aromatic N) is 1. The van der Waals surface area contributed by atoms with Gasteiger partial charge in [-0.3, -0.25) is 4.99 Å². The molecule has 0 aromatic heterocycles. The topological polar surface area (TPSA) is 24.4 Å². The number of rotatable bonds is 2. The molecule has 2 nitrogen and oxygen atoms in total. The highest BCUT2D eigenvalue weighted by molar-refractivity contribution is 6.35. The van der Waals surface area contributed by atoms with Gasteiger partial charge in [0.25, 0.3) is 0 Å². The van der Waals surface area contributed by atoms with E-state index in [9.17, 15) is 0 Å². The second-order valence-electron chi connectivity index (χ2n) is 7.12. The van der Waals surface area contributed by atoms with E-state index in [4.69, 9.17) is 28.2 Å². The molecule has 0 saturated carbocycles. The lowest BCUT2D eigenvalue weighted by Gasteiger charge is -2.33. The third-order valence-corrected chi connectivity index (χ3v) is 5.77. The average Bonchev–Trinajstić information content (AvgIpc) is 2.72. The van der Waals surface area contributed by atoms with Crippen molar-refractivity contribution in [2.45, 2.75) is 18.9 Å². The van der Waals surface area contributed by atoms with Gasteiger partial charge in [-0.25, -0.2) is 0 Å². The fourth-order valence-corrected chi connectivity index (χ4v) is 4.61. The van der Waals surface area contributed by atoms with Gasteiger partial charge >= 0.3 is 0 Å². The van der Waals surface area contributed by atoms with Crippen molar-refractivity contribution in [3.63, 3.8) is 0 Å². The number of benzene rings is 3. The molecule has 1 atom stereocenters. The van der Waals surface area contributed by atoms with Crippen molar-refractivity contribution in [2.75, 3.05) is 0 Å².